The lowest BCUT2D eigenvalue weighted by Crippen LogP contribution is -2.23. The summed E-state index contributed by atoms with van der Waals surface area (Å²) in [6, 6.07) is 13.9. The zero-order valence-electron chi connectivity index (χ0n) is 19.4. The second-order valence-corrected chi connectivity index (χ2v) is 8.31. The zero-order chi connectivity index (χ0) is 23.7. The van der Waals surface area contributed by atoms with Crippen LogP contribution in [-0.4, -0.2) is 27.3 Å². The SMILES string of the molecule is Cc1ccc(OCC(=O)Nc2c(C#N)cnn2-c2cc(C)c3cc(C)cc(C)c3n2)c(C)c1. The van der Waals surface area contributed by atoms with Gasteiger partial charge in [0.15, 0.2) is 18.2 Å². The van der Waals surface area contributed by atoms with Gasteiger partial charge < -0.3 is 10.1 Å². The van der Waals surface area contributed by atoms with E-state index >= 15 is 0 Å². The summed E-state index contributed by atoms with van der Waals surface area (Å²) >= 11 is 0. The fourth-order valence-electron chi connectivity index (χ4n) is 3.93. The van der Waals surface area contributed by atoms with Gasteiger partial charge in [-0.1, -0.05) is 29.3 Å². The Balaban J connectivity index is 1.64. The molecule has 0 atom stereocenters. The van der Waals surface area contributed by atoms with Crippen molar-refractivity contribution in [3.63, 3.8) is 0 Å². The molecule has 0 saturated carbocycles. The zero-order valence-corrected chi connectivity index (χ0v) is 19.4. The van der Waals surface area contributed by atoms with Gasteiger partial charge in [0.05, 0.1) is 11.7 Å². The van der Waals surface area contributed by atoms with Gasteiger partial charge in [0, 0.05) is 5.39 Å². The Labute approximate surface area is 192 Å². The number of anilines is 1. The molecule has 0 bridgehead atoms. The molecule has 0 aliphatic carbocycles. The molecular formula is C26H25N5O2. The molecule has 7 heteroatoms. The van der Waals surface area contributed by atoms with Gasteiger partial charge in [-0.05, 0) is 69.5 Å². The maximum Gasteiger partial charge on any atom is 0.263 e. The highest BCUT2D eigenvalue weighted by Gasteiger charge is 2.18. The van der Waals surface area contributed by atoms with E-state index in [9.17, 15) is 10.1 Å². The number of carbonyl (C=O) groups is 1. The van der Waals surface area contributed by atoms with E-state index in [0.29, 0.717) is 11.6 Å². The Morgan fingerprint density at radius 3 is 2.52 bits per heavy atom. The lowest BCUT2D eigenvalue weighted by molar-refractivity contribution is -0.118. The minimum atomic E-state index is -0.391. The third-order valence-corrected chi connectivity index (χ3v) is 5.50. The van der Waals surface area contributed by atoms with Crippen molar-refractivity contribution in [3.8, 4) is 17.6 Å². The highest BCUT2D eigenvalue weighted by molar-refractivity contribution is 5.93. The summed E-state index contributed by atoms with van der Waals surface area (Å²) < 4.78 is 7.17. The molecule has 4 aromatic rings. The number of pyridine rings is 1. The minimum absolute atomic E-state index is 0.192. The van der Waals surface area contributed by atoms with E-state index in [4.69, 9.17) is 9.72 Å². The van der Waals surface area contributed by atoms with Crippen molar-refractivity contribution >= 4 is 22.6 Å². The van der Waals surface area contributed by atoms with Crippen molar-refractivity contribution in [1.82, 2.24) is 14.8 Å². The molecule has 166 valence electrons. The third-order valence-electron chi connectivity index (χ3n) is 5.50. The fraction of sp³-hybridized carbons (Fsp3) is 0.231. The first kappa shape index (κ1) is 22.0. The lowest BCUT2D eigenvalue weighted by Gasteiger charge is -2.13. The van der Waals surface area contributed by atoms with Crippen molar-refractivity contribution < 1.29 is 9.53 Å². The topological polar surface area (TPSA) is 92.8 Å². The summed E-state index contributed by atoms with van der Waals surface area (Å²) in [5, 5.41) is 17.7. The third kappa shape index (κ3) is 4.41. The highest BCUT2D eigenvalue weighted by atomic mass is 16.5. The molecule has 0 saturated heterocycles. The summed E-state index contributed by atoms with van der Waals surface area (Å²) in [5.41, 5.74) is 6.43. The monoisotopic (exact) mass is 439 g/mol. The van der Waals surface area contributed by atoms with E-state index in [1.165, 1.54) is 16.4 Å². The maximum absolute atomic E-state index is 12.7. The van der Waals surface area contributed by atoms with Gasteiger partial charge in [0.2, 0.25) is 0 Å². The first-order chi connectivity index (χ1) is 15.8. The smallest absolute Gasteiger partial charge is 0.263 e. The molecule has 7 nitrogen and oxygen atoms in total. The van der Waals surface area contributed by atoms with E-state index in [0.717, 1.165) is 33.2 Å². The van der Waals surface area contributed by atoms with Crippen LogP contribution in [0.3, 0.4) is 0 Å². The van der Waals surface area contributed by atoms with Crippen LogP contribution in [0.5, 0.6) is 5.75 Å². The molecule has 2 heterocycles. The first-order valence-corrected chi connectivity index (χ1v) is 10.6. The van der Waals surface area contributed by atoms with Gasteiger partial charge in [-0.2, -0.15) is 15.0 Å². The molecule has 0 aliphatic heterocycles. The van der Waals surface area contributed by atoms with Gasteiger partial charge in [-0.15, -0.1) is 0 Å². The number of hydrogen-bond donors (Lipinski definition) is 1. The summed E-state index contributed by atoms with van der Waals surface area (Å²) in [6.45, 7) is 9.82. The van der Waals surface area contributed by atoms with Gasteiger partial charge in [-0.25, -0.2) is 4.98 Å². The largest absolute Gasteiger partial charge is 0.483 e. The van der Waals surface area contributed by atoms with E-state index in [-0.39, 0.29) is 18.0 Å². The average molecular weight is 440 g/mol. The van der Waals surface area contributed by atoms with Crippen LogP contribution >= 0.6 is 0 Å². The van der Waals surface area contributed by atoms with Crippen molar-refractivity contribution in [3.05, 3.63) is 76.0 Å². The van der Waals surface area contributed by atoms with Crippen molar-refractivity contribution in [2.45, 2.75) is 34.6 Å². The summed E-state index contributed by atoms with van der Waals surface area (Å²) in [6.07, 6.45) is 1.42. The summed E-state index contributed by atoms with van der Waals surface area (Å²) in [4.78, 5) is 17.5. The second-order valence-electron chi connectivity index (χ2n) is 8.31. The maximum atomic E-state index is 12.7. The quantitative estimate of drug-likeness (QED) is 0.480. The molecule has 0 fully saturated rings. The number of nitrogens with zero attached hydrogens (tertiary/aromatic N) is 4. The number of aryl methyl sites for hydroxylation is 5. The molecule has 0 unspecified atom stereocenters. The van der Waals surface area contributed by atoms with Crippen LogP contribution in [0.25, 0.3) is 16.7 Å². The van der Waals surface area contributed by atoms with Crippen molar-refractivity contribution in [2.75, 3.05) is 11.9 Å². The molecule has 2 aromatic carbocycles. The second kappa shape index (κ2) is 8.75. The Kier molecular flexibility index (Phi) is 5.84. The number of ether oxygens (including phenoxy) is 1. The van der Waals surface area contributed by atoms with E-state index in [1.54, 1.807) is 0 Å². The summed E-state index contributed by atoms with van der Waals surface area (Å²) in [7, 11) is 0. The number of nitriles is 1. The van der Waals surface area contributed by atoms with Gasteiger partial charge in [0.25, 0.3) is 5.91 Å². The minimum Gasteiger partial charge on any atom is -0.483 e. The van der Waals surface area contributed by atoms with Gasteiger partial charge >= 0.3 is 0 Å². The first-order valence-electron chi connectivity index (χ1n) is 10.6. The van der Waals surface area contributed by atoms with E-state index in [2.05, 4.69) is 35.5 Å². The predicted octanol–water partition coefficient (Wildman–Crippen LogP) is 4.85. The number of nitrogens with one attached hydrogen (secondary N) is 1. The Bertz CT molecular complexity index is 1430. The molecule has 33 heavy (non-hydrogen) atoms. The Morgan fingerprint density at radius 1 is 1.03 bits per heavy atom. The predicted molar refractivity (Wildman–Crippen MR) is 128 cm³/mol. The molecule has 0 aliphatic rings. The molecular weight excluding hydrogens is 414 g/mol. The molecule has 4 rings (SSSR count). The number of carbonyl (C=O) groups excluding carboxylic acids is 1. The summed E-state index contributed by atoms with van der Waals surface area (Å²) in [5.74, 6) is 1.04. The van der Waals surface area contributed by atoms with E-state index < -0.39 is 5.91 Å². The van der Waals surface area contributed by atoms with Crippen LogP contribution < -0.4 is 10.1 Å². The number of aromatic nitrogens is 3. The molecule has 2 aromatic heterocycles. The van der Waals surface area contributed by atoms with Crippen LogP contribution in [0.2, 0.25) is 0 Å². The standard InChI is InChI=1S/C26H25N5O2/c1-15-6-7-22(18(4)8-15)33-14-24(32)30-26-20(12-27)13-28-31(26)23-11-17(3)21-10-16(2)9-19(5)25(21)29-23/h6-11,13H,14H2,1-5H3,(H,30,32). The van der Waals surface area contributed by atoms with Gasteiger partial charge in [0.1, 0.15) is 17.4 Å². The van der Waals surface area contributed by atoms with Crippen LogP contribution in [0.4, 0.5) is 5.82 Å². The van der Waals surface area contributed by atoms with Gasteiger partial charge in [-0.3, -0.25) is 4.79 Å². The number of benzene rings is 2. The number of hydrogen-bond acceptors (Lipinski definition) is 5. The highest BCUT2D eigenvalue weighted by Crippen LogP contribution is 2.26. The molecule has 1 amide bonds. The van der Waals surface area contributed by atoms with Crippen LogP contribution in [0.15, 0.2) is 42.6 Å². The number of fused-ring (bicyclic) bond motifs is 1. The normalized spacial score (nSPS) is 10.8. The number of amides is 1. The lowest BCUT2D eigenvalue weighted by atomic mass is 10.0. The van der Waals surface area contributed by atoms with Crippen LogP contribution in [-0.2, 0) is 4.79 Å². The number of rotatable bonds is 5. The van der Waals surface area contributed by atoms with Crippen LogP contribution in [0.1, 0.15) is 33.4 Å². The van der Waals surface area contributed by atoms with Crippen LogP contribution in [0, 0.1) is 45.9 Å². The fourth-order valence-corrected chi connectivity index (χ4v) is 3.93. The molecule has 0 spiro atoms. The van der Waals surface area contributed by atoms with Crippen molar-refractivity contribution in [1.29, 1.82) is 5.26 Å². The molecule has 0 radical (unpaired) electrons. The molecule has 1 N–H and O–H groups in total. The van der Waals surface area contributed by atoms with E-state index in [1.807, 2.05) is 52.0 Å². The van der Waals surface area contributed by atoms with Crippen molar-refractivity contribution in [2.24, 2.45) is 0 Å². The Hall–Kier alpha value is -4.18. The average Bonchev–Trinajstić information content (AvgIpc) is 3.16. The Morgan fingerprint density at radius 2 is 1.79 bits per heavy atom.